The van der Waals surface area contributed by atoms with Gasteiger partial charge in [-0.3, -0.25) is 9.52 Å². The molecule has 3 aromatic rings. The molecule has 156 valence electrons. The van der Waals surface area contributed by atoms with Crippen LogP contribution in [0.3, 0.4) is 0 Å². The minimum atomic E-state index is -3.78. The van der Waals surface area contributed by atoms with E-state index in [0.717, 1.165) is 11.1 Å². The molecule has 5 nitrogen and oxygen atoms in total. The first-order valence-electron chi connectivity index (χ1n) is 9.55. The van der Waals surface area contributed by atoms with E-state index in [9.17, 15) is 13.2 Å². The third-order valence-corrected chi connectivity index (χ3v) is 6.44. The maximum absolute atomic E-state index is 12.9. The molecule has 1 amide bonds. The molecule has 0 heterocycles. The number of carbonyl (C=O) groups is 1. The van der Waals surface area contributed by atoms with Gasteiger partial charge in [0.05, 0.1) is 21.5 Å². The van der Waals surface area contributed by atoms with Crippen LogP contribution in [0.2, 0.25) is 5.02 Å². The van der Waals surface area contributed by atoms with Crippen LogP contribution in [0.25, 0.3) is 0 Å². The summed E-state index contributed by atoms with van der Waals surface area (Å²) in [6, 6.07) is 20.5. The topological polar surface area (TPSA) is 75.3 Å². The Morgan fingerprint density at radius 3 is 2.30 bits per heavy atom. The zero-order chi connectivity index (χ0) is 21.7. The summed E-state index contributed by atoms with van der Waals surface area (Å²) in [5, 5.41) is 3.21. The number of anilines is 1. The number of halogens is 1. The van der Waals surface area contributed by atoms with Gasteiger partial charge in [0.2, 0.25) is 0 Å². The molecule has 7 heteroatoms. The summed E-state index contributed by atoms with van der Waals surface area (Å²) in [5.74, 6) is -0.368. The predicted octanol–water partition coefficient (Wildman–Crippen LogP) is 5.33. The lowest BCUT2D eigenvalue weighted by atomic mass is 10.0. The summed E-state index contributed by atoms with van der Waals surface area (Å²) in [6.45, 7) is 3.86. The van der Waals surface area contributed by atoms with E-state index in [2.05, 4.69) is 10.0 Å². The van der Waals surface area contributed by atoms with Gasteiger partial charge < -0.3 is 5.32 Å². The molecule has 3 rings (SSSR count). The number of nitrogens with one attached hydrogen (secondary N) is 2. The van der Waals surface area contributed by atoms with E-state index in [1.807, 2.05) is 44.2 Å². The van der Waals surface area contributed by atoms with E-state index in [1.54, 1.807) is 12.1 Å². The van der Waals surface area contributed by atoms with Crippen molar-refractivity contribution >= 4 is 33.2 Å². The summed E-state index contributed by atoms with van der Waals surface area (Å²) in [6.07, 6.45) is 0.702. The first-order chi connectivity index (χ1) is 14.3. The number of hydrogen-bond acceptors (Lipinski definition) is 3. The molecule has 0 fully saturated rings. The van der Waals surface area contributed by atoms with Crippen molar-refractivity contribution in [2.45, 2.75) is 31.2 Å². The van der Waals surface area contributed by atoms with Crippen LogP contribution in [0.5, 0.6) is 0 Å². The predicted molar refractivity (Wildman–Crippen MR) is 120 cm³/mol. The highest BCUT2D eigenvalue weighted by Crippen LogP contribution is 2.25. The molecule has 0 spiro atoms. The molecule has 0 aromatic heterocycles. The second-order valence-electron chi connectivity index (χ2n) is 6.96. The molecule has 1 unspecified atom stereocenters. The Morgan fingerprint density at radius 2 is 1.67 bits per heavy atom. The Hall–Kier alpha value is -2.83. The minimum Gasteiger partial charge on any atom is -0.345 e. The van der Waals surface area contributed by atoms with Gasteiger partial charge in [0, 0.05) is 5.69 Å². The van der Waals surface area contributed by atoms with Crippen LogP contribution in [0.15, 0.2) is 77.7 Å². The van der Waals surface area contributed by atoms with E-state index >= 15 is 0 Å². The number of rotatable bonds is 7. The van der Waals surface area contributed by atoms with Crippen LogP contribution in [0.1, 0.15) is 40.9 Å². The molecule has 0 radical (unpaired) electrons. The van der Waals surface area contributed by atoms with Gasteiger partial charge in [-0.2, -0.15) is 0 Å². The molecule has 3 aromatic carbocycles. The summed E-state index contributed by atoms with van der Waals surface area (Å²) in [5.41, 5.74) is 2.41. The summed E-state index contributed by atoms with van der Waals surface area (Å²) >= 11 is 6.23. The first-order valence-corrected chi connectivity index (χ1v) is 11.4. The average Bonchev–Trinajstić information content (AvgIpc) is 2.74. The molecule has 0 saturated heterocycles. The van der Waals surface area contributed by atoms with E-state index in [4.69, 9.17) is 11.6 Å². The van der Waals surface area contributed by atoms with Crippen LogP contribution in [0, 0.1) is 6.92 Å². The highest BCUT2D eigenvalue weighted by atomic mass is 35.5. The van der Waals surface area contributed by atoms with Gasteiger partial charge >= 0.3 is 0 Å². The maximum atomic E-state index is 12.9. The third-order valence-electron chi connectivity index (χ3n) is 4.71. The normalized spacial score (nSPS) is 12.2. The third kappa shape index (κ3) is 5.20. The Bertz CT molecular complexity index is 1130. The largest absolute Gasteiger partial charge is 0.345 e. The molecule has 1 atom stereocenters. The number of amides is 1. The average molecular weight is 443 g/mol. The molecule has 2 N–H and O–H groups in total. The van der Waals surface area contributed by atoms with E-state index < -0.39 is 10.0 Å². The highest BCUT2D eigenvalue weighted by Gasteiger charge is 2.19. The Kier molecular flexibility index (Phi) is 6.80. The highest BCUT2D eigenvalue weighted by molar-refractivity contribution is 7.92. The molecular formula is C23H23ClN2O3S. The Morgan fingerprint density at radius 1 is 1.00 bits per heavy atom. The molecule has 0 aliphatic rings. The van der Waals surface area contributed by atoms with Crippen LogP contribution < -0.4 is 10.0 Å². The van der Waals surface area contributed by atoms with Crippen molar-refractivity contribution in [1.82, 2.24) is 5.32 Å². The molecule has 0 aliphatic heterocycles. The number of benzene rings is 3. The number of carbonyl (C=O) groups excluding carboxylic acids is 1. The zero-order valence-corrected chi connectivity index (χ0v) is 18.3. The maximum Gasteiger partial charge on any atom is 0.261 e. The molecule has 0 saturated carbocycles. The Balaban J connectivity index is 1.82. The number of hydrogen-bond donors (Lipinski definition) is 2. The van der Waals surface area contributed by atoms with Crippen molar-refractivity contribution in [2.75, 3.05) is 4.72 Å². The van der Waals surface area contributed by atoms with Crippen LogP contribution >= 0.6 is 11.6 Å². The van der Waals surface area contributed by atoms with Gasteiger partial charge in [-0.1, -0.05) is 66.6 Å². The van der Waals surface area contributed by atoms with E-state index in [-0.39, 0.29) is 33.1 Å². The van der Waals surface area contributed by atoms with Gasteiger partial charge in [0.15, 0.2) is 0 Å². The summed E-state index contributed by atoms with van der Waals surface area (Å²) < 4.78 is 27.8. The second-order valence-corrected chi connectivity index (χ2v) is 9.05. The van der Waals surface area contributed by atoms with Gasteiger partial charge in [0.1, 0.15) is 0 Å². The molecular weight excluding hydrogens is 420 g/mol. The van der Waals surface area contributed by atoms with Gasteiger partial charge in [-0.05, 0) is 49.2 Å². The van der Waals surface area contributed by atoms with Gasteiger partial charge in [-0.25, -0.2) is 8.42 Å². The first kappa shape index (κ1) is 21.9. The lowest BCUT2D eigenvalue weighted by molar-refractivity contribution is 0.0935. The molecule has 0 aliphatic carbocycles. The fourth-order valence-electron chi connectivity index (χ4n) is 3.04. The van der Waals surface area contributed by atoms with E-state index in [0.29, 0.717) is 6.42 Å². The van der Waals surface area contributed by atoms with Crippen molar-refractivity contribution in [1.29, 1.82) is 0 Å². The fourth-order valence-corrected chi connectivity index (χ4v) is 4.29. The van der Waals surface area contributed by atoms with Crippen LogP contribution in [-0.4, -0.2) is 14.3 Å². The summed E-state index contributed by atoms with van der Waals surface area (Å²) in [4.78, 5) is 13.0. The lowest BCUT2D eigenvalue weighted by Gasteiger charge is -2.18. The van der Waals surface area contributed by atoms with Crippen molar-refractivity contribution in [2.24, 2.45) is 0 Å². The monoisotopic (exact) mass is 442 g/mol. The minimum absolute atomic E-state index is 0.143. The molecule has 0 bridgehead atoms. The lowest BCUT2D eigenvalue weighted by Crippen LogP contribution is -2.28. The van der Waals surface area contributed by atoms with Crippen molar-refractivity contribution < 1.29 is 13.2 Å². The number of aryl methyl sites for hydroxylation is 1. The summed E-state index contributed by atoms with van der Waals surface area (Å²) in [7, 11) is -3.78. The smallest absolute Gasteiger partial charge is 0.261 e. The number of sulfonamides is 1. The van der Waals surface area contributed by atoms with Crippen LogP contribution in [0.4, 0.5) is 5.69 Å². The van der Waals surface area contributed by atoms with Gasteiger partial charge in [0.25, 0.3) is 15.9 Å². The van der Waals surface area contributed by atoms with Crippen molar-refractivity contribution in [3.63, 3.8) is 0 Å². The fraction of sp³-hybridized carbons (Fsp3) is 0.174. The Labute approximate surface area is 182 Å². The van der Waals surface area contributed by atoms with Crippen molar-refractivity contribution in [3.05, 3.63) is 94.5 Å². The second kappa shape index (κ2) is 9.32. The van der Waals surface area contributed by atoms with Crippen LogP contribution in [-0.2, 0) is 10.0 Å². The quantitative estimate of drug-likeness (QED) is 0.519. The SMILES string of the molecule is CCC(NC(=O)c1cc(NS(=O)(=O)c2ccc(C)cc2)ccc1Cl)c1ccccc1. The molecule has 30 heavy (non-hydrogen) atoms. The van der Waals surface area contributed by atoms with E-state index in [1.165, 1.54) is 30.3 Å². The van der Waals surface area contributed by atoms with Crippen molar-refractivity contribution in [3.8, 4) is 0 Å². The zero-order valence-electron chi connectivity index (χ0n) is 16.7. The standard InChI is InChI=1S/C23H23ClN2O3S/c1-3-22(17-7-5-4-6-8-17)25-23(27)20-15-18(11-14-21(20)24)26-30(28,29)19-12-9-16(2)10-13-19/h4-15,22,26H,3H2,1-2H3,(H,25,27). The van der Waals surface area contributed by atoms with Gasteiger partial charge in [-0.15, -0.1) is 0 Å².